The van der Waals surface area contributed by atoms with E-state index < -0.39 is 0 Å². The molecule has 0 unspecified atom stereocenters. The van der Waals surface area contributed by atoms with E-state index in [1.165, 1.54) is 5.56 Å². The van der Waals surface area contributed by atoms with Crippen LogP contribution in [0, 0.1) is 13.8 Å². The van der Waals surface area contributed by atoms with E-state index in [4.69, 9.17) is 4.74 Å². The third kappa shape index (κ3) is 6.01. The molecule has 0 aliphatic carbocycles. The molecule has 144 valence electrons. The first-order chi connectivity index (χ1) is 13.1. The van der Waals surface area contributed by atoms with Gasteiger partial charge in [0.25, 0.3) is 5.91 Å². The molecule has 0 spiro atoms. The summed E-state index contributed by atoms with van der Waals surface area (Å²) in [5, 5.41) is 6.15. The van der Waals surface area contributed by atoms with Crippen molar-refractivity contribution in [1.82, 2.24) is 20.2 Å². The minimum absolute atomic E-state index is 0.196. The molecule has 2 aromatic rings. The summed E-state index contributed by atoms with van der Waals surface area (Å²) >= 11 is 0. The van der Waals surface area contributed by atoms with Crippen molar-refractivity contribution in [2.45, 2.75) is 20.4 Å². The number of benzene rings is 1. The lowest BCUT2D eigenvalue weighted by Gasteiger charge is -2.26. The highest BCUT2D eigenvalue weighted by atomic mass is 16.5. The lowest BCUT2D eigenvalue weighted by Crippen LogP contribution is -2.39. The van der Waals surface area contributed by atoms with Gasteiger partial charge in [0, 0.05) is 38.4 Å². The van der Waals surface area contributed by atoms with Gasteiger partial charge in [0.2, 0.25) is 5.95 Å². The Kier molecular flexibility index (Phi) is 6.73. The fourth-order valence-electron chi connectivity index (χ4n) is 3.01. The summed E-state index contributed by atoms with van der Waals surface area (Å²) in [7, 11) is 0. The number of nitrogens with one attached hydrogen (secondary N) is 2. The average molecular weight is 369 g/mol. The summed E-state index contributed by atoms with van der Waals surface area (Å²) < 4.78 is 5.35. The molecule has 2 N–H and O–H groups in total. The number of carbonyl (C=O) groups excluding carboxylic acids is 1. The number of amides is 1. The largest absolute Gasteiger partial charge is 0.379 e. The number of hydrogen-bond acceptors (Lipinski definition) is 6. The Balaban J connectivity index is 1.54. The van der Waals surface area contributed by atoms with E-state index in [1.54, 1.807) is 6.07 Å². The first-order valence-electron chi connectivity index (χ1n) is 9.33. The molecule has 3 rings (SSSR count). The van der Waals surface area contributed by atoms with Crippen molar-refractivity contribution in [1.29, 1.82) is 0 Å². The van der Waals surface area contributed by atoms with Gasteiger partial charge < -0.3 is 15.4 Å². The van der Waals surface area contributed by atoms with Crippen LogP contribution in [-0.4, -0.2) is 60.2 Å². The maximum Gasteiger partial charge on any atom is 0.270 e. The molecule has 2 heterocycles. The summed E-state index contributed by atoms with van der Waals surface area (Å²) in [5.41, 5.74) is 3.38. The Bertz CT molecular complexity index is 775. The van der Waals surface area contributed by atoms with Gasteiger partial charge in [-0.1, -0.05) is 29.8 Å². The van der Waals surface area contributed by atoms with E-state index in [2.05, 4.69) is 31.6 Å². The van der Waals surface area contributed by atoms with Crippen molar-refractivity contribution in [2.75, 3.05) is 44.7 Å². The van der Waals surface area contributed by atoms with Crippen molar-refractivity contribution < 1.29 is 9.53 Å². The fraction of sp³-hybridized carbons (Fsp3) is 0.450. The van der Waals surface area contributed by atoms with Gasteiger partial charge in [-0.2, -0.15) is 0 Å². The first-order valence-corrected chi connectivity index (χ1v) is 9.33. The number of hydrogen-bond donors (Lipinski definition) is 2. The fourth-order valence-corrected chi connectivity index (χ4v) is 3.01. The van der Waals surface area contributed by atoms with Crippen LogP contribution in [-0.2, 0) is 11.3 Å². The van der Waals surface area contributed by atoms with Gasteiger partial charge in [0.1, 0.15) is 5.69 Å². The van der Waals surface area contributed by atoms with Crippen LogP contribution in [0.5, 0.6) is 0 Å². The molecule has 0 radical (unpaired) electrons. The molecular weight excluding hydrogens is 342 g/mol. The quantitative estimate of drug-likeness (QED) is 0.774. The average Bonchev–Trinajstić information content (AvgIpc) is 2.66. The van der Waals surface area contributed by atoms with E-state index in [1.807, 2.05) is 32.0 Å². The molecule has 1 aromatic heterocycles. The number of ether oxygens (including phenoxy) is 1. The van der Waals surface area contributed by atoms with Crippen LogP contribution in [0.2, 0.25) is 0 Å². The number of aryl methyl sites for hydroxylation is 2. The number of anilines is 1. The third-order valence-corrected chi connectivity index (χ3v) is 4.44. The topological polar surface area (TPSA) is 79.4 Å². The second kappa shape index (κ2) is 9.43. The van der Waals surface area contributed by atoms with Crippen molar-refractivity contribution in [3.8, 4) is 0 Å². The second-order valence-electron chi connectivity index (χ2n) is 6.77. The Morgan fingerprint density at radius 3 is 2.78 bits per heavy atom. The molecule has 1 amide bonds. The van der Waals surface area contributed by atoms with Crippen molar-refractivity contribution >= 4 is 11.9 Å². The summed E-state index contributed by atoms with van der Waals surface area (Å²) in [6.07, 6.45) is 0. The Labute approximate surface area is 160 Å². The first kappa shape index (κ1) is 19.3. The van der Waals surface area contributed by atoms with Gasteiger partial charge in [-0.3, -0.25) is 9.69 Å². The summed E-state index contributed by atoms with van der Waals surface area (Å²) in [6, 6.07) is 9.79. The zero-order valence-corrected chi connectivity index (χ0v) is 16.0. The van der Waals surface area contributed by atoms with Crippen LogP contribution in [0.1, 0.15) is 27.3 Å². The van der Waals surface area contributed by atoms with Crippen LogP contribution in [0.25, 0.3) is 0 Å². The second-order valence-corrected chi connectivity index (χ2v) is 6.77. The lowest BCUT2D eigenvalue weighted by atomic mass is 10.1. The van der Waals surface area contributed by atoms with Crippen LogP contribution in [0.4, 0.5) is 5.95 Å². The van der Waals surface area contributed by atoms with E-state index in [-0.39, 0.29) is 5.91 Å². The SMILES string of the molecule is Cc1cccc(CNC(=O)c2cc(C)nc(NCCN3CCOCC3)n2)c1. The van der Waals surface area contributed by atoms with Crippen molar-refractivity contribution in [3.05, 3.63) is 52.8 Å². The van der Waals surface area contributed by atoms with Crippen LogP contribution in [0.15, 0.2) is 30.3 Å². The highest BCUT2D eigenvalue weighted by Crippen LogP contribution is 2.07. The zero-order chi connectivity index (χ0) is 19.1. The molecule has 1 saturated heterocycles. The smallest absolute Gasteiger partial charge is 0.270 e. The zero-order valence-electron chi connectivity index (χ0n) is 16.0. The highest BCUT2D eigenvalue weighted by molar-refractivity contribution is 5.92. The molecular formula is C20H27N5O2. The monoisotopic (exact) mass is 369 g/mol. The lowest BCUT2D eigenvalue weighted by molar-refractivity contribution is 0.0398. The Morgan fingerprint density at radius 2 is 2.00 bits per heavy atom. The van der Waals surface area contributed by atoms with Crippen LogP contribution >= 0.6 is 0 Å². The van der Waals surface area contributed by atoms with Gasteiger partial charge >= 0.3 is 0 Å². The van der Waals surface area contributed by atoms with E-state index >= 15 is 0 Å². The van der Waals surface area contributed by atoms with Gasteiger partial charge in [0.15, 0.2) is 0 Å². The summed E-state index contributed by atoms with van der Waals surface area (Å²) in [4.78, 5) is 23.6. The van der Waals surface area contributed by atoms with Crippen LogP contribution in [0.3, 0.4) is 0 Å². The molecule has 1 aromatic carbocycles. The van der Waals surface area contributed by atoms with Gasteiger partial charge in [-0.15, -0.1) is 0 Å². The van der Waals surface area contributed by atoms with Gasteiger partial charge in [0.05, 0.1) is 13.2 Å². The van der Waals surface area contributed by atoms with Gasteiger partial charge in [-0.25, -0.2) is 9.97 Å². The molecule has 1 aliphatic rings. The van der Waals surface area contributed by atoms with Gasteiger partial charge in [-0.05, 0) is 25.5 Å². The number of aromatic nitrogens is 2. The van der Waals surface area contributed by atoms with Crippen molar-refractivity contribution in [3.63, 3.8) is 0 Å². The highest BCUT2D eigenvalue weighted by Gasteiger charge is 2.12. The molecule has 1 fully saturated rings. The molecule has 0 saturated carbocycles. The molecule has 27 heavy (non-hydrogen) atoms. The maximum absolute atomic E-state index is 12.5. The standard InChI is InChI=1S/C20H27N5O2/c1-15-4-3-5-17(12-15)14-22-19(26)18-13-16(2)23-20(24-18)21-6-7-25-8-10-27-11-9-25/h3-5,12-13H,6-11,14H2,1-2H3,(H,22,26)(H,21,23,24). The molecule has 7 heteroatoms. The van der Waals surface area contributed by atoms with Crippen molar-refractivity contribution in [2.24, 2.45) is 0 Å². The Morgan fingerprint density at radius 1 is 1.19 bits per heavy atom. The summed E-state index contributed by atoms with van der Waals surface area (Å²) in [5.74, 6) is 0.294. The number of nitrogens with zero attached hydrogens (tertiary/aromatic N) is 3. The number of morpholine rings is 1. The molecule has 0 bridgehead atoms. The minimum Gasteiger partial charge on any atom is -0.379 e. The predicted molar refractivity (Wildman–Crippen MR) is 105 cm³/mol. The molecule has 1 aliphatic heterocycles. The van der Waals surface area contributed by atoms with Crippen LogP contribution < -0.4 is 10.6 Å². The third-order valence-electron chi connectivity index (χ3n) is 4.44. The van der Waals surface area contributed by atoms with E-state index in [0.717, 1.165) is 50.7 Å². The number of rotatable bonds is 7. The maximum atomic E-state index is 12.5. The predicted octanol–water partition coefficient (Wildman–Crippen LogP) is 1.77. The minimum atomic E-state index is -0.196. The number of carbonyl (C=O) groups is 1. The Hall–Kier alpha value is -2.51. The van der Waals surface area contributed by atoms with E-state index in [0.29, 0.717) is 18.2 Å². The summed E-state index contributed by atoms with van der Waals surface area (Å²) in [6.45, 7) is 9.47. The normalized spacial score (nSPS) is 14.7. The van der Waals surface area contributed by atoms with E-state index in [9.17, 15) is 4.79 Å². The molecule has 7 nitrogen and oxygen atoms in total. The molecule has 0 atom stereocenters.